The van der Waals surface area contributed by atoms with Crippen molar-refractivity contribution in [2.75, 3.05) is 0 Å². The van der Waals surface area contributed by atoms with Gasteiger partial charge in [0, 0.05) is 17.2 Å². The summed E-state index contributed by atoms with van der Waals surface area (Å²) in [7, 11) is 0. The lowest BCUT2D eigenvalue weighted by molar-refractivity contribution is 0.326. The molecule has 0 N–H and O–H groups in total. The molecule has 1 nitrogen and oxygen atoms in total. The minimum absolute atomic E-state index is 0.671. The van der Waals surface area contributed by atoms with Crippen LogP contribution in [0.2, 0.25) is 0 Å². The minimum Gasteiger partial charge on any atom is -0.265 e. The van der Waals surface area contributed by atoms with Gasteiger partial charge in [0.1, 0.15) is 0 Å². The van der Waals surface area contributed by atoms with E-state index >= 15 is 0 Å². The van der Waals surface area contributed by atoms with Gasteiger partial charge in [-0.3, -0.25) is 4.98 Å². The maximum atomic E-state index is 4.07. The second-order valence-electron chi connectivity index (χ2n) is 5.41. The number of pyridine rings is 1. The number of aromatic nitrogens is 1. The Balaban J connectivity index is 1.64. The molecule has 2 aliphatic rings. The number of fused-ring (bicyclic) bond motifs is 2. The van der Waals surface area contributed by atoms with Crippen molar-refractivity contribution in [2.24, 2.45) is 17.8 Å². The summed E-state index contributed by atoms with van der Waals surface area (Å²) in [5, 5.41) is 0. The van der Waals surface area contributed by atoms with Gasteiger partial charge in [0.05, 0.1) is 0 Å². The molecule has 4 unspecified atom stereocenters. The molecule has 0 radical (unpaired) electrons. The molecular formula is C14H18BrN. The first-order chi connectivity index (χ1) is 7.83. The van der Waals surface area contributed by atoms with E-state index in [4.69, 9.17) is 0 Å². The van der Waals surface area contributed by atoms with Gasteiger partial charge in [-0.05, 0) is 61.1 Å². The molecule has 4 atom stereocenters. The highest BCUT2D eigenvalue weighted by molar-refractivity contribution is 9.09. The summed E-state index contributed by atoms with van der Waals surface area (Å²) in [5.74, 6) is 2.98. The lowest BCUT2D eigenvalue weighted by Crippen LogP contribution is -2.22. The summed E-state index contributed by atoms with van der Waals surface area (Å²) in [4.78, 5) is 4.74. The third kappa shape index (κ3) is 2.04. The predicted octanol–water partition coefficient (Wildman–Crippen LogP) is 3.82. The zero-order chi connectivity index (χ0) is 11.0. The highest BCUT2D eigenvalue weighted by atomic mass is 79.9. The van der Waals surface area contributed by atoms with E-state index in [2.05, 4.69) is 33.0 Å². The molecule has 1 aromatic rings. The van der Waals surface area contributed by atoms with Crippen molar-refractivity contribution in [3.05, 3.63) is 30.1 Å². The van der Waals surface area contributed by atoms with Gasteiger partial charge >= 0.3 is 0 Å². The van der Waals surface area contributed by atoms with Crippen molar-refractivity contribution in [3.63, 3.8) is 0 Å². The van der Waals surface area contributed by atoms with E-state index < -0.39 is 0 Å². The fraction of sp³-hybridized carbons (Fsp3) is 0.643. The Bertz CT molecular complexity index is 351. The summed E-state index contributed by atoms with van der Waals surface area (Å²) in [6, 6.07) is 4.28. The first-order valence-corrected chi connectivity index (χ1v) is 7.27. The Morgan fingerprint density at radius 3 is 2.69 bits per heavy atom. The molecule has 2 heteroatoms. The Morgan fingerprint density at radius 1 is 1.25 bits per heavy atom. The maximum Gasteiger partial charge on any atom is 0.0270 e. The first kappa shape index (κ1) is 10.8. The zero-order valence-corrected chi connectivity index (χ0v) is 11.1. The average molecular weight is 280 g/mol. The van der Waals surface area contributed by atoms with Crippen LogP contribution >= 0.6 is 15.9 Å². The molecule has 2 bridgehead atoms. The molecule has 0 aliphatic heterocycles. The molecule has 1 heterocycles. The van der Waals surface area contributed by atoms with E-state index in [-0.39, 0.29) is 0 Å². The van der Waals surface area contributed by atoms with Crippen LogP contribution in [0.5, 0.6) is 0 Å². The predicted molar refractivity (Wildman–Crippen MR) is 69.6 cm³/mol. The van der Waals surface area contributed by atoms with Crippen LogP contribution in [0.1, 0.15) is 31.2 Å². The number of halogens is 1. The molecule has 0 amide bonds. The number of hydrogen-bond acceptors (Lipinski definition) is 1. The topological polar surface area (TPSA) is 12.9 Å². The van der Waals surface area contributed by atoms with Crippen molar-refractivity contribution < 1.29 is 0 Å². The van der Waals surface area contributed by atoms with Crippen LogP contribution in [0.4, 0.5) is 0 Å². The Labute approximate surface area is 106 Å². The normalized spacial score (nSPS) is 34.2. The second-order valence-corrected chi connectivity index (χ2v) is 6.59. The summed E-state index contributed by atoms with van der Waals surface area (Å²) in [6.45, 7) is 0. The molecular weight excluding hydrogens is 262 g/mol. The van der Waals surface area contributed by atoms with Crippen molar-refractivity contribution in [1.82, 2.24) is 4.98 Å². The van der Waals surface area contributed by atoms with Crippen LogP contribution in [-0.2, 0) is 6.42 Å². The van der Waals surface area contributed by atoms with Crippen LogP contribution in [0.25, 0.3) is 0 Å². The van der Waals surface area contributed by atoms with Gasteiger partial charge in [-0.25, -0.2) is 0 Å². The summed E-state index contributed by atoms with van der Waals surface area (Å²) < 4.78 is 0. The van der Waals surface area contributed by atoms with Gasteiger partial charge in [-0.1, -0.05) is 22.4 Å². The van der Waals surface area contributed by atoms with Crippen LogP contribution in [0.3, 0.4) is 0 Å². The highest BCUT2D eigenvalue weighted by Crippen LogP contribution is 2.51. The van der Waals surface area contributed by atoms with Gasteiger partial charge in [0.25, 0.3) is 0 Å². The van der Waals surface area contributed by atoms with Crippen LogP contribution < -0.4 is 0 Å². The van der Waals surface area contributed by atoms with Gasteiger partial charge in [0.15, 0.2) is 0 Å². The fourth-order valence-corrected chi connectivity index (χ4v) is 4.65. The van der Waals surface area contributed by atoms with E-state index in [1.807, 2.05) is 12.4 Å². The Kier molecular flexibility index (Phi) is 3.01. The number of nitrogens with zero attached hydrogens (tertiary/aromatic N) is 1. The van der Waals surface area contributed by atoms with Crippen LogP contribution in [0, 0.1) is 17.8 Å². The van der Waals surface area contributed by atoms with Crippen molar-refractivity contribution in [2.45, 2.75) is 36.9 Å². The van der Waals surface area contributed by atoms with Gasteiger partial charge < -0.3 is 0 Å². The van der Waals surface area contributed by atoms with Crippen LogP contribution in [0.15, 0.2) is 24.5 Å². The molecule has 2 saturated carbocycles. The Hall–Kier alpha value is -0.370. The van der Waals surface area contributed by atoms with Gasteiger partial charge in [-0.2, -0.15) is 0 Å². The van der Waals surface area contributed by atoms with Crippen molar-refractivity contribution in [3.8, 4) is 0 Å². The maximum absolute atomic E-state index is 4.07. The number of rotatable bonds is 3. The fourth-order valence-electron chi connectivity index (χ4n) is 3.63. The third-order valence-electron chi connectivity index (χ3n) is 4.44. The minimum atomic E-state index is 0.671. The quantitative estimate of drug-likeness (QED) is 0.767. The van der Waals surface area contributed by atoms with Gasteiger partial charge in [-0.15, -0.1) is 0 Å². The van der Waals surface area contributed by atoms with E-state index in [9.17, 15) is 0 Å². The Morgan fingerprint density at radius 2 is 2.06 bits per heavy atom. The van der Waals surface area contributed by atoms with Gasteiger partial charge in [0.2, 0.25) is 0 Å². The SMILES string of the molecule is BrC(Cc1ccncc1)C1CC2CCC1C2. The van der Waals surface area contributed by atoms with Crippen molar-refractivity contribution in [1.29, 1.82) is 0 Å². The third-order valence-corrected chi connectivity index (χ3v) is 5.44. The van der Waals surface area contributed by atoms with E-state index in [1.165, 1.54) is 31.2 Å². The smallest absolute Gasteiger partial charge is 0.0270 e. The van der Waals surface area contributed by atoms with Crippen LogP contribution in [-0.4, -0.2) is 9.81 Å². The summed E-state index contributed by atoms with van der Waals surface area (Å²) in [6.07, 6.45) is 10.9. The largest absolute Gasteiger partial charge is 0.265 e. The molecule has 0 spiro atoms. The summed E-state index contributed by atoms with van der Waals surface area (Å²) >= 11 is 3.92. The number of alkyl halides is 1. The zero-order valence-electron chi connectivity index (χ0n) is 9.48. The standard InChI is InChI=1S/C14H18BrN/c15-14(9-10-3-5-16-6-4-10)13-8-11-1-2-12(13)7-11/h3-6,11-14H,1-2,7-9H2. The lowest BCUT2D eigenvalue weighted by Gasteiger charge is -2.26. The number of hydrogen-bond donors (Lipinski definition) is 0. The molecule has 16 heavy (non-hydrogen) atoms. The average Bonchev–Trinajstić information content (AvgIpc) is 2.92. The lowest BCUT2D eigenvalue weighted by atomic mass is 9.84. The monoisotopic (exact) mass is 279 g/mol. The molecule has 2 fully saturated rings. The van der Waals surface area contributed by atoms with E-state index in [0.29, 0.717) is 4.83 Å². The van der Waals surface area contributed by atoms with Crippen molar-refractivity contribution >= 4 is 15.9 Å². The summed E-state index contributed by atoms with van der Waals surface area (Å²) in [5.41, 5.74) is 1.42. The molecule has 0 saturated heterocycles. The van der Waals surface area contributed by atoms with E-state index in [1.54, 1.807) is 0 Å². The second kappa shape index (κ2) is 4.48. The van der Waals surface area contributed by atoms with E-state index in [0.717, 1.165) is 24.2 Å². The first-order valence-electron chi connectivity index (χ1n) is 6.36. The molecule has 2 aliphatic carbocycles. The molecule has 1 aromatic heterocycles. The molecule has 0 aromatic carbocycles. The molecule has 3 rings (SSSR count). The highest BCUT2D eigenvalue weighted by Gasteiger charge is 2.42. The molecule has 86 valence electrons.